The van der Waals surface area contributed by atoms with E-state index in [1.807, 2.05) is 24.3 Å². The number of hydrogen-bond acceptors (Lipinski definition) is 1. The molecule has 0 aromatic heterocycles. The first kappa shape index (κ1) is 24.7. The second kappa shape index (κ2) is 10.5. The Morgan fingerprint density at radius 3 is 1.86 bits per heavy atom. The molecule has 0 saturated carbocycles. The van der Waals surface area contributed by atoms with Crippen LogP contribution in [0.4, 0.5) is 22.0 Å². The van der Waals surface area contributed by atoms with E-state index in [-0.39, 0.29) is 27.3 Å². The van der Waals surface area contributed by atoms with Crippen molar-refractivity contribution in [2.75, 3.05) is 6.86 Å². The van der Waals surface area contributed by atoms with Gasteiger partial charge < -0.3 is 4.74 Å². The summed E-state index contributed by atoms with van der Waals surface area (Å²) in [6.45, 7) is 0.672. The lowest BCUT2D eigenvalue weighted by Gasteiger charge is -2.13. The number of ether oxygens (including phenoxy) is 1. The van der Waals surface area contributed by atoms with E-state index < -0.39 is 35.9 Å². The molecule has 0 unspecified atom stereocenters. The van der Waals surface area contributed by atoms with Gasteiger partial charge in [0.15, 0.2) is 17.4 Å². The third kappa shape index (κ3) is 5.17. The second-order valence-corrected chi connectivity index (χ2v) is 8.39. The van der Waals surface area contributed by atoms with Gasteiger partial charge in [0.2, 0.25) is 6.86 Å². The first-order chi connectivity index (χ1) is 16.8. The molecule has 180 valence electrons. The minimum Gasteiger partial charge on any atom is -0.457 e. The van der Waals surface area contributed by atoms with Gasteiger partial charge in [0.05, 0.1) is 5.02 Å². The summed E-state index contributed by atoms with van der Waals surface area (Å²) in [6.07, 6.45) is 1.99. The van der Waals surface area contributed by atoms with Gasteiger partial charge in [0.25, 0.3) is 0 Å². The average Bonchev–Trinajstić information content (AvgIpc) is 2.81. The van der Waals surface area contributed by atoms with Crippen molar-refractivity contribution in [2.45, 2.75) is 19.8 Å². The van der Waals surface area contributed by atoms with Crippen LogP contribution in [-0.4, -0.2) is 6.86 Å². The van der Waals surface area contributed by atoms with Crippen LogP contribution in [0.15, 0.2) is 66.7 Å². The van der Waals surface area contributed by atoms with E-state index in [1.165, 1.54) is 23.8 Å². The number of rotatable bonds is 7. The zero-order valence-electron chi connectivity index (χ0n) is 18.6. The Morgan fingerprint density at radius 2 is 1.29 bits per heavy atom. The van der Waals surface area contributed by atoms with Gasteiger partial charge in [-0.25, -0.2) is 22.0 Å². The Labute approximate surface area is 204 Å². The molecule has 0 radical (unpaired) electrons. The molecule has 0 aliphatic carbocycles. The molecule has 0 atom stereocenters. The predicted molar refractivity (Wildman–Crippen MR) is 128 cm³/mol. The van der Waals surface area contributed by atoms with Crippen molar-refractivity contribution in [2.24, 2.45) is 0 Å². The summed E-state index contributed by atoms with van der Waals surface area (Å²) in [4.78, 5) is 0. The van der Waals surface area contributed by atoms with Crippen LogP contribution in [-0.2, 0) is 6.42 Å². The van der Waals surface area contributed by atoms with Gasteiger partial charge >= 0.3 is 0 Å². The Kier molecular flexibility index (Phi) is 7.41. The standard InChI is InChI=1S/C28H20ClF5O/c1-2-3-16-4-6-17(7-5-16)18-8-9-21(23(31)11-18)19-10-22(29)27(24(32)12-19)20-13-25(33)28(35-15-30)26(34)14-20/h4-14H,2-3,15H2,1H3. The summed E-state index contributed by atoms with van der Waals surface area (Å²) in [5.41, 5.74) is 2.51. The van der Waals surface area contributed by atoms with Crippen LogP contribution >= 0.6 is 11.6 Å². The van der Waals surface area contributed by atoms with E-state index >= 15 is 8.78 Å². The molecule has 4 rings (SSSR count). The number of alkyl halides is 1. The van der Waals surface area contributed by atoms with Crippen molar-refractivity contribution in [3.8, 4) is 39.1 Å². The van der Waals surface area contributed by atoms with Gasteiger partial charge in [0.1, 0.15) is 11.6 Å². The van der Waals surface area contributed by atoms with Gasteiger partial charge in [-0.15, -0.1) is 0 Å². The van der Waals surface area contributed by atoms with E-state index in [0.717, 1.165) is 36.6 Å². The van der Waals surface area contributed by atoms with Gasteiger partial charge in [-0.3, -0.25) is 0 Å². The monoisotopic (exact) mass is 502 g/mol. The van der Waals surface area contributed by atoms with Crippen molar-refractivity contribution in [1.82, 2.24) is 0 Å². The van der Waals surface area contributed by atoms with Gasteiger partial charge in [-0.1, -0.05) is 61.3 Å². The van der Waals surface area contributed by atoms with Crippen LogP contribution in [0.5, 0.6) is 5.75 Å². The minimum atomic E-state index is -1.43. The molecule has 0 N–H and O–H groups in total. The Bertz CT molecular complexity index is 1320. The first-order valence-electron chi connectivity index (χ1n) is 10.9. The fraction of sp³-hybridized carbons (Fsp3) is 0.143. The summed E-state index contributed by atoms with van der Waals surface area (Å²) < 4.78 is 74.9. The summed E-state index contributed by atoms with van der Waals surface area (Å²) in [5.74, 6) is -4.80. The largest absolute Gasteiger partial charge is 0.457 e. The van der Waals surface area contributed by atoms with E-state index in [9.17, 15) is 13.2 Å². The van der Waals surface area contributed by atoms with E-state index in [1.54, 1.807) is 6.07 Å². The zero-order chi connectivity index (χ0) is 25.1. The number of aryl methyl sites for hydroxylation is 1. The van der Waals surface area contributed by atoms with Crippen molar-refractivity contribution >= 4 is 11.6 Å². The molecule has 7 heteroatoms. The average molecular weight is 503 g/mol. The first-order valence-corrected chi connectivity index (χ1v) is 11.3. The maximum absolute atomic E-state index is 15.0. The molecule has 0 amide bonds. The number of hydrogen-bond donors (Lipinski definition) is 0. The smallest absolute Gasteiger partial charge is 0.228 e. The lowest BCUT2D eigenvalue weighted by molar-refractivity contribution is 0.176. The molecule has 0 fully saturated rings. The van der Waals surface area contributed by atoms with Gasteiger partial charge in [-0.2, -0.15) is 0 Å². The molecule has 0 aliphatic rings. The lowest BCUT2D eigenvalue weighted by atomic mass is 9.96. The fourth-order valence-corrected chi connectivity index (χ4v) is 4.30. The Balaban J connectivity index is 1.68. The summed E-state index contributed by atoms with van der Waals surface area (Å²) in [6, 6.07) is 16.4. The highest BCUT2D eigenvalue weighted by Crippen LogP contribution is 2.38. The number of halogens is 6. The molecule has 1 nitrogen and oxygen atoms in total. The lowest BCUT2D eigenvalue weighted by Crippen LogP contribution is -1.99. The summed E-state index contributed by atoms with van der Waals surface area (Å²) in [7, 11) is 0. The van der Waals surface area contributed by atoms with Crippen LogP contribution in [0.25, 0.3) is 33.4 Å². The fourth-order valence-electron chi connectivity index (χ4n) is 3.98. The van der Waals surface area contributed by atoms with Crippen LogP contribution in [0.1, 0.15) is 18.9 Å². The molecule has 35 heavy (non-hydrogen) atoms. The maximum Gasteiger partial charge on any atom is 0.228 e. The number of benzene rings is 4. The van der Waals surface area contributed by atoms with Crippen molar-refractivity contribution in [3.63, 3.8) is 0 Å². The molecule has 4 aromatic carbocycles. The third-order valence-electron chi connectivity index (χ3n) is 5.63. The van der Waals surface area contributed by atoms with Crippen LogP contribution in [0.3, 0.4) is 0 Å². The van der Waals surface area contributed by atoms with Crippen molar-refractivity contribution < 1.29 is 26.7 Å². The van der Waals surface area contributed by atoms with Gasteiger partial charge in [-0.05, 0) is 64.6 Å². The topological polar surface area (TPSA) is 9.23 Å². The van der Waals surface area contributed by atoms with E-state index in [4.69, 9.17) is 11.6 Å². The molecule has 0 heterocycles. The Hall–Kier alpha value is -3.38. The highest BCUT2D eigenvalue weighted by atomic mass is 35.5. The molecule has 4 aromatic rings. The van der Waals surface area contributed by atoms with Crippen LogP contribution < -0.4 is 4.74 Å². The molecular formula is C28H20ClF5O. The van der Waals surface area contributed by atoms with E-state index in [2.05, 4.69) is 11.7 Å². The quantitative estimate of drug-likeness (QED) is 0.229. The molecule has 0 spiro atoms. The van der Waals surface area contributed by atoms with Crippen molar-refractivity contribution in [3.05, 3.63) is 101 Å². The predicted octanol–water partition coefficient (Wildman–Crippen LogP) is 9.16. The normalized spacial score (nSPS) is 11.1. The van der Waals surface area contributed by atoms with Crippen LogP contribution in [0, 0.1) is 23.3 Å². The van der Waals surface area contributed by atoms with Gasteiger partial charge in [0, 0.05) is 11.1 Å². The zero-order valence-corrected chi connectivity index (χ0v) is 19.4. The molecular weight excluding hydrogens is 483 g/mol. The third-order valence-corrected chi connectivity index (χ3v) is 5.93. The highest BCUT2D eigenvalue weighted by molar-refractivity contribution is 6.33. The summed E-state index contributed by atoms with van der Waals surface area (Å²) in [5, 5.41) is -0.173. The summed E-state index contributed by atoms with van der Waals surface area (Å²) >= 11 is 6.25. The van der Waals surface area contributed by atoms with Crippen LogP contribution in [0.2, 0.25) is 5.02 Å². The minimum absolute atomic E-state index is 0.118. The molecule has 0 bridgehead atoms. The SMILES string of the molecule is CCCc1ccc(-c2ccc(-c3cc(F)c(-c4cc(F)c(OCF)c(F)c4)c(Cl)c3)c(F)c2)cc1. The highest BCUT2D eigenvalue weighted by Gasteiger charge is 2.19. The second-order valence-electron chi connectivity index (χ2n) is 7.98. The van der Waals surface area contributed by atoms with Crippen molar-refractivity contribution in [1.29, 1.82) is 0 Å². The maximum atomic E-state index is 15.0. The molecule has 0 aliphatic heterocycles. The Morgan fingerprint density at radius 1 is 0.686 bits per heavy atom. The van der Waals surface area contributed by atoms with E-state index in [0.29, 0.717) is 5.56 Å². The molecule has 0 saturated heterocycles.